The SMILES string of the molecule is CCOC(=O)C1=C(CN2CCN(C(=O)c3ccc(F)cc3)CC2)N(CC)C(=O)NC1c1cccc(F)c1. The maximum atomic E-state index is 14.0. The number of urea groups is 1. The van der Waals surface area contributed by atoms with Gasteiger partial charge in [0, 0.05) is 50.5 Å². The highest BCUT2D eigenvalue weighted by molar-refractivity contribution is 5.95. The van der Waals surface area contributed by atoms with Crippen LogP contribution in [0.25, 0.3) is 0 Å². The first-order valence-corrected chi connectivity index (χ1v) is 12.3. The number of piperazine rings is 1. The summed E-state index contributed by atoms with van der Waals surface area (Å²) in [6.07, 6.45) is 0. The van der Waals surface area contributed by atoms with E-state index in [-0.39, 0.29) is 30.7 Å². The molecule has 196 valence electrons. The van der Waals surface area contributed by atoms with Gasteiger partial charge in [0.05, 0.1) is 18.2 Å². The van der Waals surface area contributed by atoms with Gasteiger partial charge in [-0.2, -0.15) is 0 Å². The van der Waals surface area contributed by atoms with Gasteiger partial charge in [0.15, 0.2) is 0 Å². The van der Waals surface area contributed by atoms with Crippen LogP contribution < -0.4 is 5.32 Å². The molecule has 2 aliphatic heterocycles. The molecular weight excluding hydrogens is 482 g/mol. The summed E-state index contributed by atoms with van der Waals surface area (Å²) in [5, 5.41) is 2.83. The van der Waals surface area contributed by atoms with Gasteiger partial charge in [-0.05, 0) is 55.8 Å². The van der Waals surface area contributed by atoms with Crippen molar-refractivity contribution >= 4 is 17.9 Å². The molecule has 0 radical (unpaired) electrons. The van der Waals surface area contributed by atoms with Crippen LogP contribution in [0, 0.1) is 11.6 Å². The zero-order chi connectivity index (χ0) is 26.5. The van der Waals surface area contributed by atoms with E-state index in [1.807, 2.05) is 6.92 Å². The number of ether oxygens (including phenoxy) is 1. The first kappa shape index (κ1) is 26.3. The Hall–Kier alpha value is -3.79. The van der Waals surface area contributed by atoms with Crippen molar-refractivity contribution in [2.24, 2.45) is 0 Å². The first-order valence-electron chi connectivity index (χ1n) is 12.3. The summed E-state index contributed by atoms with van der Waals surface area (Å²) in [5.74, 6) is -1.63. The largest absolute Gasteiger partial charge is 0.463 e. The summed E-state index contributed by atoms with van der Waals surface area (Å²) < 4.78 is 32.6. The van der Waals surface area contributed by atoms with Gasteiger partial charge in [-0.1, -0.05) is 12.1 Å². The molecule has 1 atom stereocenters. The van der Waals surface area contributed by atoms with Crippen molar-refractivity contribution in [3.8, 4) is 0 Å². The number of hydrogen-bond acceptors (Lipinski definition) is 5. The second-order valence-corrected chi connectivity index (χ2v) is 8.84. The molecule has 10 heteroatoms. The van der Waals surface area contributed by atoms with Crippen LogP contribution in [-0.2, 0) is 9.53 Å². The van der Waals surface area contributed by atoms with E-state index in [0.717, 1.165) is 0 Å². The number of amides is 3. The number of benzene rings is 2. The molecule has 1 saturated heterocycles. The fourth-order valence-electron chi connectivity index (χ4n) is 4.69. The number of halogens is 2. The van der Waals surface area contributed by atoms with E-state index in [1.165, 1.54) is 47.4 Å². The lowest BCUT2D eigenvalue weighted by molar-refractivity contribution is -0.139. The maximum absolute atomic E-state index is 14.0. The molecule has 2 aromatic rings. The smallest absolute Gasteiger partial charge is 0.338 e. The van der Waals surface area contributed by atoms with Gasteiger partial charge in [-0.25, -0.2) is 18.4 Å². The minimum Gasteiger partial charge on any atom is -0.463 e. The van der Waals surface area contributed by atoms with Gasteiger partial charge in [-0.3, -0.25) is 14.6 Å². The summed E-state index contributed by atoms with van der Waals surface area (Å²) in [7, 11) is 0. The highest BCUT2D eigenvalue weighted by Crippen LogP contribution is 2.32. The molecule has 0 bridgehead atoms. The number of esters is 1. The molecule has 2 aliphatic rings. The van der Waals surface area contributed by atoms with E-state index >= 15 is 0 Å². The lowest BCUT2D eigenvalue weighted by Crippen LogP contribution is -2.53. The topological polar surface area (TPSA) is 82.2 Å². The fourth-order valence-corrected chi connectivity index (χ4v) is 4.69. The first-order chi connectivity index (χ1) is 17.8. The third kappa shape index (κ3) is 5.80. The fraction of sp³-hybridized carbons (Fsp3) is 0.370. The van der Waals surface area contributed by atoms with Crippen molar-refractivity contribution in [2.45, 2.75) is 19.9 Å². The number of nitrogens with zero attached hydrogens (tertiary/aromatic N) is 3. The lowest BCUT2D eigenvalue weighted by Gasteiger charge is -2.40. The van der Waals surface area contributed by atoms with E-state index in [1.54, 1.807) is 17.9 Å². The molecule has 2 aromatic carbocycles. The van der Waals surface area contributed by atoms with Gasteiger partial charge < -0.3 is 15.0 Å². The number of rotatable bonds is 7. The van der Waals surface area contributed by atoms with Crippen LogP contribution in [0.2, 0.25) is 0 Å². The number of hydrogen-bond donors (Lipinski definition) is 1. The summed E-state index contributed by atoms with van der Waals surface area (Å²) in [5.41, 5.74) is 1.62. The molecule has 0 aliphatic carbocycles. The highest BCUT2D eigenvalue weighted by atomic mass is 19.1. The molecule has 37 heavy (non-hydrogen) atoms. The van der Waals surface area contributed by atoms with Crippen molar-refractivity contribution in [1.29, 1.82) is 0 Å². The second kappa shape index (κ2) is 11.5. The maximum Gasteiger partial charge on any atom is 0.338 e. The number of likely N-dealkylation sites (N-methyl/N-ethyl adjacent to an activating group) is 1. The van der Waals surface area contributed by atoms with Gasteiger partial charge in [0.1, 0.15) is 11.6 Å². The zero-order valence-electron chi connectivity index (χ0n) is 20.9. The average molecular weight is 513 g/mol. The Morgan fingerprint density at radius 3 is 2.32 bits per heavy atom. The van der Waals surface area contributed by atoms with Crippen molar-refractivity contribution < 1.29 is 27.9 Å². The van der Waals surface area contributed by atoms with Crippen molar-refractivity contribution in [1.82, 2.24) is 20.0 Å². The normalized spacial score (nSPS) is 18.6. The third-order valence-electron chi connectivity index (χ3n) is 6.56. The van der Waals surface area contributed by atoms with Crippen LogP contribution in [0.3, 0.4) is 0 Å². The monoisotopic (exact) mass is 512 g/mol. The molecule has 4 rings (SSSR count). The standard InChI is InChI=1S/C27H30F2N4O4/c1-3-33-22(17-31-12-14-32(15-13-31)25(34)18-8-10-20(28)11-9-18)23(26(35)37-4-2)24(30-27(33)36)19-6-5-7-21(29)16-19/h5-11,16,24H,3-4,12-15,17H2,1-2H3,(H,30,36). The van der Waals surface area contributed by atoms with Crippen molar-refractivity contribution in [2.75, 3.05) is 45.9 Å². The predicted molar refractivity (Wildman–Crippen MR) is 132 cm³/mol. The Balaban J connectivity index is 1.59. The Bertz CT molecular complexity index is 1190. The minimum absolute atomic E-state index is 0.149. The molecule has 1 fully saturated rings. The Morgan fingerprint density at radius 2 is 1.70 bits per heavy atom. The minimum atomic E-state index is -0.860. The number of carbonyl (C=O) groups is 3. The van der Waals surface area contributed by atoms with Crippen LogP contribution >= 0.6 is 0 Å². The van der Waals surface area contributed by atoms with Crippen LogP contribution in [0.4, 0.5) is 13.6 Å². The molecular formula is C27H30F2N4O4. The van der Waals surface area contributed by atoms with E-state index in [9.17, 15) is 23.2 Å². The van der Waals surface area contributed by atoms with E-state index in [4.69, 9.17) is 4.74 Å². The molecule has 0 aromatic heterocycles. The predicted octanol–water partition coefficient (Wildman–Crippen LogP) is 3.33. The van der Waals surface area contributed by atoms with Crippen LogP contribution in [0.5, 0.6) is 0 Å². The van der Waals surface area contributed by atoms with Crippen LogP contribution in [-0.4, -0.2) is 78.5 Å². The van der Waals surface area contributed by atoms with Crippen molar-refractivity contribution in [3.05, 3.63) is 82.6 Å². The Labute approximate surface area is 214 Å². The summed E-state index contributed by atoms with van der Waals surface area (Å²) in [6.45, 7) is 6.15. The molecule has 3 amide bonds. The Morgan fingerprint density at radius 1 is 1.00 bits per heavy atom. The van der Waals surface area contributed by atoms with Gasteiger partial charge in [-0.15, -0.1) is 0 Å². The summed E-state index contributed by atoms with van der Waals surface area (Å²) in [4.78, 5) is 44.3. The Kier molecular flexibility index (Phi) is 8.17. The van der Waals surface area contributed by atoms with Crippen molar-refractivity contribution in [3.63, 3.8) is 0 Å². The summed E-state index contributed by atoms with van der Waals surface area (Å²) >= 11 is 0. The second-order valence-electron chi connectivity index (χ2n) is 8.84. The van der Waals surface area contributed by atoms with E-state index in [2.05, 4.69) is 10.2 Å². The molecule has 0 spiro atoms. The van der Waals surface area contributed by atoms with Gasteiger partial charge in [0.2, 0.25) is 0 Å². The zero-order valence-corrected chi connectivity index (χ0v) is 20.9. The quantitative estimate of drug-likeness (QED) is 0.576. The highest BCUT2D eigenvalue weighted by Gasteiger charge is 2.38. The van der Waals surface area contributed by atoms with Gasteiger partial charge >= 0.3 is 12.0 Å². The summed E-state index contributed by atoms with van der Waals surface area (Å²) in [6, 6.07) is 9.99. The van der Waals surface area contributed by atoms with Crippen LogP contribution in [0.1, 0.15) is 35.8 Å². The van der Waals surface area contributed by atoms with E-state index < -0.39 is 23.6 Å². The molecule has 1 N–H and O–H groups in total. The molecule has 0 saturated carbocycles. The molecule has 1 unspecified atom stereocenters. The third-order valence-corrected chi connectivity index (χ3v) is 6.56. The molecule has 2 heterocycles. The average Bonchev–Trinajstić information content (AvgIpc) is 2.89. The number of carbonyl (C=O) groups excluding carboxylic acids is 3. The van der Waals surface area contributed by atoms with E-state index in [0.29, 0.717) is 49.5 Å². The lowest BCUT2D eigenvalue weighted by atomic mass is 9.94. The van der Waals surface area contributed by atoms with Crippen LogP contribution in [0.15, 0.2) is 59.8 Å². The molecule has 8 nitrogen and oxygen atoms in total. The van der Waals surface area contributed by atoms with Gasteiger partial charge in [0.25, 0.3) is 5.91 Å². The number of nitrogens with one attached hydrogen (secondary N) is 1.